The highest BCUT2D eigenvalue weighted by Gasteiger charge is 2.86. The largest absolute Gasteiger partial charge is 0.396 e. The Morgan fingerprint density at radius 1 is 1.12 bits per heavy atom. The van der Waals surface area contributed by atoms with Crippen LogP contribution in [0.3, 0.4) is 0 Å². The van der Waals surface area contributed by atoms with Crippen LogP contribution in [0.2, 0.25) is 5.02 Å². The number of amides is 1. The van der Waals surface area contributed by atoms with E-state index >= 15 is 0 Å². The molecule has 0 unspecified atom stereocenters. The van der Waals surface area contributed by atoms with Gasteiger partial charge in [-0.3, -0.25) is 9.69 Å². The first kappa shape index (κ1) is 28.0. The molecule has 3 aromatic rings. The Balaban J connectivity index is 1.02. The SMILES string of the molecule is O=C(Nc1cc(Nc2cc(-c3cc(Cl)ccc3F)nnc2SCCO)ccn1)C12CC1(CN1CCN(C3CC3)CC1)C2. The van der Waals surface area contributed by atoms with Crippen LogP contribution in [0.1, 0.15) is 25.7 Å². The number of hydrogen-bond donors (Lipinski definition) is 3. The van der Waals surface area contributed by atoms with Crippen molar-refractivity contribution in [2.24, 2.45) is 10.8 Å². The number of hydrogen-bond acceptors (Lipinski definition) is 9. The second-order valence-corrected chi connectivity index (χ2v) is 13.4. The van der Waals surface area contributed by atoms with Gasteiger partial charge in [-0.05, 0) is 61.4 Å². The highest BCUT2D eigenvalue weighted by Crippen LogP contribution is 2.86. The topological polar surface area (TPSA) is 107 Å². The van der Waals surface area contributed by atoms with Gasteiger partial charge in [0.05, 0.1) is 23.4 Å². The van der Waals surface area contributed by atoms with Crippen LogP contribution in [-0.4, -0.2) is 87.1 Å². The number of pyridine rings is 1. The Bertz CT molecular complexity index is 1510. The maximum absolute atomic E-state index is 14.6. The minimum atomic E-state index is -0.458. The second-order valence-electron chi connectivity index (χ2n) is 11.9. The van der Waals surface area contributed by atoms with Crippen molar-refractivity contribution < 1.29 is 14.3 Å². The van der Waals surface area contributed by atoms with Gasteiger partial charge in [0.1, 0.15) is 16.7 Å². The maximum Gasteiger partial charge on any atom is 0.232 e. The number of thioether (sulfide) groups is 1. The number of aliphatic hydroxyl groups is 1. The molecule has 0 atom stereocenters. The smallest absolute Gasteiger partial charge is 0.232 e. The number of halogens is 2. The molecule has 3 aliphatic carbocycles. The van der Waals surface area contributed by atoms with Gasteiger partial charge in [0.2, 0.25) is 5.91 Å². The Hall–Kier alpha value is -2.83. The van der Waals surface area contributed by atoms with Crippen molar-refractivity contribution in [3.8, 4) is 11.3 Å². The highest BCUT2D eigenvalue weighted by molar-refractivity contribution is 7.99. The highest BCUT2D eigenvalue weighted by atomic mass is 35.5. The standard InChI is InChI=1S/C30H33ClFN7O2S/c31-19-1-4-23(32)22(13-19)24-15-25(27(37-36-24)42-12-11-40)34-20-5-6-33-26(14-20)35-28(41)30-16-29(30,17-30)18-38-7-9-39(10-8-38)21-2-3-21/h1,4-6,13-15,21,40H,2-3,7-12,16-18H2,(H2,33,34,35,36,41). The van der Waals surface area contributed by atoms with Crippen LogP contribution in [0.5, 0.6) is 0 Å². The number of rotatable bonds is 11. The fraction of sp³-hybridized carbons (Fsp3) is 0.467. The molecule has 0 spiro atoms. The van der Waals surface area contributed by atoms with Crippen LogP contribution < -0.4 is 10.6 Å². The fourth-order valence-corrected chi connectivity index (χ4v) is 7.17. The average molecular weight is 610 g/mol. The summed E-state index contributed by atoms with van der Waals surface area (Å²) in [6.07, 6.45) is 6.23. The van der Waals surface area contributed by atoms with E-state index in [1.165, 1.54) is 42.8 Å². The molecule has 3 heterocycles. The minimum absolute atomic E-state index is 0.0260. The van der Waals surface area contributed by atoms with E-state index in [0.29, 0.717) is 38.7 Å². The van der Waals surface area contributed by atoms with Crippen molar-refractivity contribution in [1.82, 2.24) is 25.0 Å². The normalized spacial score (nSPS) is 25.1. The number of benzene rings is 1. The first-order chi connectivity index (χ1) is 20.4. The molecule has 42 heavy (non-hydrogen) atoms. The molecule has 2 aromatic heterocycles. The molecule has 12 heteroatoms. The van der Waals surface area contributed by atoms with Gasteiger partial charge in [-0.1, -0.05) is 11.6 Å². The quantitative estimate of drug-likeness (QED) is 0.268. The summed E-state index contributed by atoms with van der Waals surface area (Å²) in [5.41, 5.74) is 1.69. The van der Waals surface area contributed by atoms with Gasteiger partial charge < -0.3 is 20.6 Å². The number of aliphatic hydroxyl groups excluding tert-OH is 1. The summed E-state index contributed by atoms with van der Waals surface area (Å²) in [6.45, 7) is 5.46. The van der Waals surface area contributed by atoms with Crippen LogP contribution in [0.25, 0.3) is 11.3 Å². The molecule has 1 aromatic carbocycles. The molecule has 1 aliphatic heterocycles. The van der Waals surface area contributed by atoms with Gasteiger partial charge in [0.25, 0.3) is 0 Å². The molecule has 220 valence electrons. The lowest BCUT2D eigenvalue weighted by Crippen LogP contribution is -2.48. The van der Waals surface area contributed by atoms with Crippen molar-refractivity contribution >= 4 is 46.5 Å². The van der Waals surface area contributed by atoms with Crippen LogP contribution in [-0.2, 0) is 4.79 Å². The van der Waals surface area contributed by atoms with Gasteiger partial charge in [-0.2, -0.15) is 0 Å². The Kier molecular flexibility index (Phi) is 7.34. The lowest BCUT2D eigenvalue weighted by atomic mass is 10.1. The molecule has 1 amide bonds. The molecule has 7 rings (SSSR count). The summed E-state index contributed by atoms with van der Waals surface area (Å²) >= 11 is 7.43. The zero-order valence-corrected chi connectivity index (χ0v) is 24.7. The van der Waals surface area contributed by atoms with E-state index in [1.54, 1.807) is 24.4 Å². The number of carbonyl (C=O) groups is 1. The van der Waals surface area contributed by atoms with E-state index < -0.39 is 5.82 Å². The molecule has 0 radical (unpaired) electrons. The third-order valence-electron chi connectivity index (χ3n) is 9.05. The minimum Gasteiger partial charge on any atom is -0.396 e. The Morgan fingerprint density at radius 2 is 1.93 bits per heavy atom. The molecule has 4 aliphatic rings. The Labute approximate surface area is 253 Å². The van der Waals surface area contributed by atoms with E-state index in [1.807, 2.05) is 0 Å². The van der Waals surface area contributed by atoms with Crippen LogP contribution in [0.15, 0.2) is 47.6 Å². The zero-order valence-electron chi connectivity index (χ0n) is 23.2. The summed E-state index contributed by atoms with van der Waals surface area (Å²) in [7, 11) is 0. The van der Waals surface area contributed by atoms with E-state index in [9.17, 15) is 14.3 Å². The average Bonchev–Trinajstić information content (AvgIpc) is 3.90. The fourth-order valence-electron chi connectivity index (χ4n) is 6.35. The van der Waals surface area contributed by atoms with E-state index in [4.69, 9.17) is 11.6 Å². The monoisotopic (exact) mass is 609 g/mol. The number of carbonyl (C=O) groups excluding carboxylic acids is 1. The van der Waals surface area contributed by atoms with Gasteiger partial charge in [0, 0.05) is 73.1 Å². The summed E-state index contributed by atoms with van der Waals surface area (Å²) in [5, 5.41) is 25.1. The van der Waals surface area contributed by atoms with Crippen molar-refractivity contribution in [2.75, 3.05) is 55.7 Å². The van der Waals surface area contributed by atoms with Crippen molar-refractivity contribution in [3.63, 3.8) is 0 Å². The van der Waals surface area contributed by atoms with Crippen LogP contribution in [0, 0.1) is 16.6 Å². The van der Waals surface area contributed by atoms with Crippen molar-refractivity contribution in [3.05, 3.63) is 53.4 Å². The second kappa shape index (κ2) is 11.0. The van der Waals surface area contributed by atoms with Crippen molar-refractivity contribution in [1.29, 1.82) is 0 Å². The molecular formula is C30H33ClFN7O2S. The first-order valence-electron chi connectivity index (χ1n) is 14.5. The summed E-state index contributed by atoms with van der Waals surface area (Å²) in [6, 6.07) is 10.4. The lowest BCUT2D eigenvalue weighted by molar-refractivity contribution is -0.119. The number of anilines is 3. The lowest BCUT2D eigenvalue weighted by Gasteiger charge is -2.35. The number of fused-ring (bicyclic) bond motifs is 1. The third kappa shape index (κ3) is 5.48. The number of piperazine rings is 1. The molecular weight excluding hydrogens is 577 g/mol. The van der Waals surface area contributed by atoms with E-state index in [2.05, 4.69) is 35.6 Å². The molecule has 1 saturated heterocycles. The number of aromatic nitrogens is 3. The molecule has 0 bridgehead atoms. The van der Waals surface area contributed by atoms with Crippen LogP contribution in [0.4, 0.5) is 21.6 Å². The van der Waals surface area contributed by atoms with E-state index in [0.717, 1.165) is 51.6 Å². The number of nitrogens with one attached hydrogen (secondary N) is 2. The van der Waals surface area contributed by atoms with Gasteiger partial charge in [-0.25, -0.2) is 9.37 Å². The number of nitrogens with zero attached hydrogens (tertiary/aromatic N) is 5. The van der Waals surface area contributed by atoms with Gasteiger partial charge >= 0.3 is 0 Å². The third-order valence-corrected chi connectivity index (χ3v) is 10.2. The summed E-state index contributed by atoms with van der Waals surface area (Å²) < 4.78 is 14.6. The maximum atomic E-state index is 14.6. The van der Waals surface area contributed by atoms with E-state index in [-0.39, 0.29) is 28.9 Å². The molecule has 4 fully saturated rings. The molecule has 3 N–H and O–H groups in total. The predicted octanol–water partition coefficient (Wildman–Crippen LogP) is 4.66. The van der Waals surface area contributed by atoms with Gasteiger partial charge in [0.15, 0.2) is 0 Å². The predicted molar refractivity (Wildman–Crippen MR) is 162 cm³/mol. The van der Waals surface area contributed by atoms with Gasteiger partial charge in [-0.15, -0.1) is 22.0 Å². The Morgan fingerprint density at radius 3 is 2.69 bits per heavy atom. The van der Waals surface area contributed by atoms with Crippen LogP contribution >= 0.6 is 23.4 Å². The zero-order chi connectivity index (χ0) is 28.9. The molecule has 3 saturated carbocycles. The molecule has 9 nitrogen and oxygen atoms in total. The van der Waals surface area contributed by atoms with Crippen molar-refractivity contribution in [2.45, 2.75) is 36.8 Å². The first-order valence-corrected chi connectivity index (χ1v) is 15.8. The summed E-state index contributed by atoms with van der Waals surface area (Å²) in [5.74, 6) is 0.483. The summed E-state index contributed by atoms with van der Waals surface area (Å²) in [4.78, 5) is 22.9.